The van der Waals surface area contributed by atoms with Crippen LogP contribution in [0, 0.1) is 6.92 Å². The van der Waals surface area contributed by atoms with Gasteiger partial charge in [-0.25, -0.2) is 9.50 Å². The smallest absolute Gasteiger partial charge is 0.180 e. The normalized spacial score (nSPS) is 11.2. The van der Waals surface area contributed by atoms with E-state index in [0.717, 1.165) is 16.8 Å². The van der Waals surface area contributed by atoms with Gasteiger partial charge >= 0.3 is 0 Å². The van der Waals surface area contributed by atoms with Crippen LogP contribution in [0.2, 0.25) is 5.15 Å². The van der Waals surface area contributed by atoms with E-state index in [2.05, 4.69) is 10.1 Å². The molecule has 5 nitrogen and oxygen atoms in total. The maximum Gasteiger partial charge on any atom is 0.180 e. The van der Waals surface area contributed by atoms with Crippen molar-refractivity contribution >= 4 is 22.9 Å². The van der Waals surface area contributed by atoms with Gasteiger partial charge in [0.2, 0.25) is 0 Å². The van der Waals surface area contributed by atoms with E-state index in [4.69, 9.17) is 17.3 Å². The summed E-state index contributed by atoms with van der Waals surface area (Å²) in [4.78, 5) is 4.32. The number of aliphatic hydroxyl groups excluding tert-OH is 1. The van der Waals surface area contributed by atoms with E-state index in [1.165, 1.54) is 0 Å². The molecule has 0 radical (unpaired) electrons. The average Bonchev–Trinajstić information content (AvgIpc) is 2.82. The number of rotatable bonds is 3. The Labute approximate surface area is 127 Å². The molecule has 0 amide bonds. The maximum atomic E-state index is 9.25. The number of benzene rings is 1. The Hall–Kier alpha value is -2.11. The first kappa shape index (κ1) is 13.9. The van der Waals surface area contributed by atoms with Crippen LogP contribution >= 0.6 is 11.6 Å². The topological polar surface area (TPSA) is 76.4 Å². The third-order valence-corrected chi connectivity index (χ3v) is 3.86. The monoisotopic (exact) mass is 302 g/mol. The number of nitrogens with zero attached hydrogens (tertiary/aromatic N) is 3. The zero-order valence-corrected chi connectivity index (χ0v) is 12.3. The number of hydrogen-bond donors (Lipinski definition) is 2. The molecule has 108 valence electrons. The van der Waals surface area contributed by atoms with Gasteiger partial charge < -0.3 is 10.8 Å². The largest absolute Gasteiger partial charge is 0.396 e. The fourth-order valence-electron chi connectivity index (χ4n) is 2.38. The fourth-order valence-corrected chi connectivity index (χ4v) is 2.57. The fraction of sp³-hybridized carbons (Fsp3) is 0.200. The first-order chi connectivity index (χ1) is 10.1. The molecule has 0 bridgehead atoms. The van der Waals surface area contributed by atoms with Gasteiger partial charge in [-0.05, 0) is 6.92 Å². The summed E-state index contributed by atoms with van der Waals surface area (Å²) in [6.07, 6.45) is 0.444. The highest BCUT2D eigenvalue weighted by molar-refractivity contribution is 6.30. The van der Waals surface area contributed by atoms with Gasteiger partial charge in [0, 0.05) is 24.2 Å². The Morgan fingerprint density at radius 2 is 2.00 bits per heavy atom. The van der Waals surface area contributed by atoms with Gasteiger partial charge in [-0.2, -0.15) is 5.10 Å². The minimum absolute atomic E-state index is 0.0106. The van der Waals surface area contributed by atoms with Crippen LogP contribution in [0.3, 0.4) is 0 Å². The third-order valence-electron chi connectivity index (χ3n) is 3.49. The Morgan fingerprint density at radius 1 is 1.29 bits per heavy atom. The zero-order chi connectivity index (χ0) is 15.0. The number of aliphatic hydroxyl groups is 1. The molecule has 3 aromatic rings. The van der Waals surface area contributed by atoms with Crippen LogP contribution in [0.4, 0.5) is 5.69 Å². The molecule has 3 N–H and O–H groups in total. The second-order valence-corrected chi connectivity index (χ2v) is 5.17. The number of fused-ring (bicyclic) bond motifs is 1. The van der Waals surface area contributed by atoms with E-state index in [-0.39, 0.29) is 6.61 Å². The van der Waals surface area contributed by atoms with Crippen LogP contribution in [0.5, 0.6) is 0 Å². The lowest BCUT2D eigenvalue weighted by Crippen LogP contribution is -2.07. The molecule has 0 saturated heterocycles. The Balaban J connectivity index is 2.31. The highest BCUT2D eigenvalue weighted by Gasteiger charge is 2.18. The molecule has 0 atom stereocenters. The second kappa shape index (κ2) is 5.35. The van der Waals surface area contributed by atoms with Crippen molar-refractivity contribution in [2.45, 2.75) is 13.3 Å². The lowest BCUT2D eigenvalue weighted by atomic mass is 10.1. The van der Waals surface area contributed by atoms with Gasteiger partial charge in [-0.15, -0.1) is 0 Å². The van der Waals surface area contributed by atoms with E-state index in [1.807, 2.05) is 37.3 Å². The van der Waals surface area contributed by atoms with Crippen molar-refractivity contribution in [3.05, 3.63) is 46.7 Å². The molecule has 0 spiro atoms. The van der Waals surface area contributed by atoms with E-state index >= 15 is 0 Å². The molecule has 21 heavy (non-hydrogen) atoms. The van der Waals surface area contributed by atoms with Crippen molar-refractivity contribution in [1.29, 1.82) is 0 Å². The summed E-state index contributed by atoms with van der Waals surface area (Å²) in [5.41, 5.74) is 10.4. The van der Waals surface area contributed by atoms with Gasteiger partial charge in [0.1, 0.15) is 16.5 Å². The van der Waals surface area contributed by atoms with E-state index in [9.17, 15) is 5.11 Å². The summed E-state index contributed by atoms with van der Waals surface area (Å²) >= 11 is 6.17. The molecule has 0 aliphatic rings. The summed E-state index contributed by atoms with van der Waals surface area (Å²) in [6, 6.07) is 9.68. The first-order valence-electron chi connectivity index (χ1n) is 6.63. The number of nitrogen functional groups attached to an aromatic ring is 1. The van der Waals surface area contributed by atoms with Crippen LogP contribution in [-0.4, -0.2) is 26.3 Å². The molecule has 0 unspecified atom stereocenters. The lowest BCUT2D eigenvalue weighted by Gasteiger charge is -2.08. The number of hydrogen-bond acceptors (Lipinski definition) is 4. The van der Waals surface area contributed by atoms with Gasteiger partial charge in [0.05, 0.1) is 5.69 Å². The van der Waals surface area contributed by atoms with E-state index in [1.54, 1.807) is 4.52 Å². The summed E-state index contributed by atoms with van der Waals surface area (Å²) in [5.74, 6) is 0. The minimum atomic E-state index is 0.0106. The van der Waals surface area contributed by atoms with Crippen LogP contribution in [0.1, 0.15) is 11.3 Å². The van der Waals surface area contributed by atoms with Crippen molar-refractivity contribution in [2.24, 2.45) is 0 Å². The molecule has 2 aromatic heterocycles. The average molecular weight is 303 g/mol. The van der Waals surface area contributed by atoms with E-state index in [0.29, 0.717) is 28.6 Å². The summed E-state index contributed by atoms with van der Waals surface area (Å²) in [5, 5.41) is 14.2. The number of halogens is 1. The number of aromatic nitrogens is 3. The molecule has 2 heterocycles. The van der Waals surface area contributed by atoms with Crippen LogP contribution in [-0.2, 0) is 6.42 Å². The minimum Gasteiger partial charge on any atom is -0.396 e. The van der Waals surface area contributed by atoms with E-state index < -0.39 is 0 Å². The van der Waals surface area contributed by atoms with Gasteiger partial charge in [-0.1, -0.05) is 41.9 Å². The molecule has 0 aliphatic carbocycles. The summed E-state index contributed by atoms with van der Waals surface area (Å²) in [7, 11) is 0. The van der Waals surface area contributed by atoms with Crippen LogP contribution < -0.4 is 5.73 Å². The van der Waals surface area contributed by atoms with Crippen molar-refractivity contribution in [3.8, 4) is 11.3 Å². The molecule has 0 saturated carbocycles. The highest BCUT2D eigenvalue weighted by Crippen LogP contribution is 2.30. The zero-order valence-electron chi connectivity index (χ0n) is 11.5. The SMILES string of the molecule is Cc1c(Cl)nc2c(N)c(-c3ccccc3)nn2c1CCO. The summed E-state index contributed by atoms with van der Waals surface area (Å²) < 4.78 is 1.68. The molecule has 0 aliphatic heterocycles. The van der Waals surface area contributed by atoms with Crippen LogP contribution in [0.25, 0.3) is 16.9 Å². The van der Waals surface area contributed by atoms with Gasteiger partial charge in [-0.3, -0.25) is 0 Å². The van der Waals surface area contributed by atoms with Crippen molar-refractivity contribution in [3.63, 3.8) is 0 Å². The second-order valence-electron chi connectivity index (χ2n) is 4.81. The number of anilines is 1. The molecular weight excluding hydrogens is 288 g/mol. The standard InChI is InChI=1S/C15H15ClN4O/c1-9-11(7-8-21)20-15(18-14(9)16)12(17)13(19-20)10-5-3-2-4-6-10/h2-6,21H,7-8,17H2,1H3. The Morgan fingerprint density at radius 3 is 2.67 bits per heavy atom. The van der Waals surface area contributed by atoms with Crippen molar-refractivity contribution < 1.29 is 5.11 Å². The van der Waals surface area contributed by atoms with Crippen molar-refractivity contribution in [1.82, 2.24) is 14.6 Å². The highest BCUT2D eigenvalue weighted by atomic mass is 35.5. The quantitative estimate of drug-likeness (QED) is 0.729. The first-order valence-corrected chi connectivity index (χ1v) is 7.00. The summed E-state index contributed by atoms with van der Waals surface area (Å²) in [6.45, 7) is 1.87. The van der Waals surface area contributed by atoms with Gasteiger partial charge in [0.15, 0.2) is 5.65 Å². The molecular formula is C15H15ClN4O. The number of nitrogens with two attached hydrogens (primary N) is 1. The predicted octanol–water partition coefficient (Wildman–Crippen LogP) is 2.48. The molecule has 1 aromatic carbocycles. The van der Waals surface area contributed by atoms with Crippen molar-refractivity contribution in [2.75, 3.05) is 12.3 Å². The molecule has 6 heteroatoms. The predicted molar refractivity (Wildman–Crippen MR) is 83.4 cm³/mol. The maximum absolute atomic E-state index is 9.25. The Kier molecular flexibility index (Phi) is 3.53. The molecule has 0 fully saturated rings. The van der Waals surface area contributed by atoms with Crippen LogP contribution in [0.15, 0.2) is 30.3 Å². The van der Waals surface area contributed by atoms with Gasteiger partial charge in [0.25, 0.3) is 0 Å². The Bertz CT molecular complexity index is 799. The lowest BCUT2D eigenvalue weighted by molar-refractivity contribution is 0.297. The third kappa shape index (κ3) is 2.24. The molecule has 3 rings (SSSR count).